The minimum Gasteiger partial charge on any atom is -0.292 e. The second kappa shape index (κ2) is 11.3. The number of hydrogen-bond donors (Lipinski definition) is 0. The molecule has 1 heterocycles. The lowest BCUT2D eigenvalue weighted by Crippen LogP contribution is -1.99. The van der Waals surface area contributed by atoms with E-state index in [1.54, 1.807) is 4.57 Å². The van der Waals surface area contributed by atoms with E-state index in [-0.39, 0.29) is 17.8 Å². The zero-order valence-corrected chi connectivity index (χ0v) is 25.3. The van der Waals surface area contributed by atoms with Gasteiger partial charge in [0.2, 0.25) is 0 Å². The molecule has 9 aromatic rings. The van der Waals surface area contributed by atoms with Crippen molar-refractivity contribution in [3.05, 3.63) is 182 Å². The monoisotopic (exact) mass is 603 g/mol. The molecular formula is C45H30N2. The maximum absolute atomic E-state index is 8.94. The maximum atomic E-state index is 8.94. The number of para-hydroxylation sites is 3. The molecule has 0 unspecified atom stereocenters. The number of fused-ring (bicyclic) bond motifs is 3. The van der Waals surface area contributed by atoms with Crippen molar-refractivity contribution in [3.8, 4) is 50.5 Å². The van der Waals surface area contributed by atoms with E-state index in [2.05, 4.69) is 103 Å². The van der Waals surface area contributed by atoms with Gasteiger partial charge in [-0.3, -0.25) is 4.57 Å². The average Bonchev–Trinajstić information content (AvgIpc) is 3.58. The highest BCUT2D eigenvalue weighted by Gasteiger charge is 2.22. The van der Waals surface area contributed by atoms with Crippen LogP contribution in [0.25, 0.3) is 83.0 Å². The summed E-state index contributed by atoms with van der Waals surface area (Å²) in [5.74, 6) is 0.488. The van der Waals surface area contributed by atoms with Gasteiger partial charge in [0.1, 0.15) is 5.82 Å². The van der Waals surface area contributed by atoms with Crippen LogP contribution in [0, 0.1) is 0 Å². The zero-order valence-electron chi connectivity index (χ0n) is 30.3. The Bertz CT molecular complexity index is 2770. The Morgan fingerprint density at radius 2 is 0.894 bits per heavy atom. The molecule has 1 aromatic heterocycles. The topological polar surface area (TPSA) is 17.8 Å². The third-order valence-corrected chi connectivity index (χ3v) is 8.92. The molecule has 220 valence electrons. The third kappa shape index (κ3) is 4.46. The number of benzene rings is 8. The van der Waals surface area contributed by atoms with E-state index < -0.39 is 18.1 Å². The van der Waals surface area contributed by atoms with Crippen LogP contribution in [0.5, 0.6) is 0 Å². The minimum atomic E-state index is -0.433. The number of nitrogens with zero attached hydrogens (tertiary/aromatic N) is 2. The summed E-state index contributed by atoms with van der Waals surface area (Å²) in [6.45, 7) is 0. The van der Waals surface area contributed by atoms with E-state index in [1.165, 1.54) is 0 Å². The van der Waals surface area contributed by atoms with Crippen LogP contribution in [0.15, 0.2) is 182 Å². The molecule has 0 bridgehead atoms. The molecule has 2 heteroatoms. The molecule has 0 saturated carbocycles. The zero-order chi connectivity index (χ0) is 35.5. The van der Waals surface area contributed by atoms with Gasteiger partial charge < -0.3 is 0 Å². The van der Waals surface area contributed by atoms with E-state index in [9.17, 15) is 0 Å². The van der Waals surface area contributed by atoms with Crippen molar-refractivity contribution in [2.45, 2.75) is 0 Å². The lowest BCUT2D eigenvalue weighted by atomic mass is 9.83. The van der Waals surface area contributed by atoms with Gasteiger partial charge in [0.15, 0.2) is 0 Å². The van der Waals surface area contributed by atoms with Crippen molar-refractivity contribution in [2.24, 2.45) is 0 Å². The van der Waals surface area contributed by atoms with Gasteiger partial charge in [-0.25, -0.2) is 4.98 Å². The molecule has 2 nitrogen and oxygen atoms in total. The molecule has 0 aliphatic heterocycles. The largest absolute Gasteiger partial charge is 0.292 e. The van der Waals surface area contributed by atoms with Gasteiger partial charge in [0.25, 0.3) is 0 Å². The number of imidazole rings is 1. The summed E-state index contributed by atoms with van der Waals surface area (Å²) in [4.78, 5) is 5.11. The molecular weight excluding hydrogens is 569 g/mol. The Morgan fingerprint density at radius 3 is 1.51 bits per heavy atom. The first-order valence-corrected chi connectivity index (χ1v) is 15.7. The lowest BCUT2D eigenvalue weighted by Gasteiger charge is -2.21. The molecule has 0 fully saturated rings. The quantitative estimate of drug-likeness (QED) is 0.179. The molecule has 0 spiro atoms. The summed E-state index contributed by atoms with van der Waals surface area (Å²) in [5.41, 5.74) is 8.68. The minimum absolute atomic E-state index is 0.0621. The highest BCUT2D eigenvalue weighted by atomic mass is 15.1. The highest BCUT2D eigenvalue weighted by Crippen LogP contribution is 2.48. The van der Waals surface area contributed by atoms with Gasteiger partial charge in [0, 0.05) is 11.3 Å². The van der Waals surface area contributed by atoms with Crippen molar-refractivity contribution in [3.63, 3.8) is 0 Å². The van der Waals surface area contributed by atoms with E-state index in [4.69, 9.17) is 11.8 Å². The van der Waals surface area contributed by atoms with Crippen LogP contribution >= 0.6 is 0 Å². The normalized spacial score (nSPS) is 12.9. The predicted molar refractivity (Wildman–Crippen MR) is 198 cm³/mol. The van der Waals surface area contributed by atoms with Gasteiger partial charge in [-0.1, -0.05) is 158 Å². The lowest BCUT2D eigenvalue weighted by molar-refractivity contribution is 1.10. The van der Waals surface area contributed by atoms with Crippen LogP contribution in [0.1, 0.15) is 6.85 Å². The number of hydrogen-bond acceptors (Lipinski definition) is 1. The third-order valence-electron chi connectivity index (χ3n) is 8.92. The summed E-state index contributed by atoms with van der Waals surface area (Å²) < 4.78 is 44.9. The van der Waals surface area contributed by atoms with Crippen molar-refractivity contribution in [2.75, 3.05) is 0 Å². The molecule has 0 aliphatic rings. The molecule has 0 saturated heterocycles. The SMILES string of the molecule is [2H]c1c([2H])c([2H])c(-n2c(-c3ccccc3-c3c4ccccc4c(-c4ccccc4-c4ccccc4)c4ccccc34)nc3ccccc32)c([2H])c1[2H]. The summed E-state index contributed by atoms with van der Waals surface area (Å²) in [6.07, 6.45) is 0. The Hall–Kier alpha value is -6.25. The van der Waals surface area contributed by atoms with Gasteiger partial charge in [-0.05, 0) is 79.1 Å². The fourth-order valence-electron chi connectivity index (χ4n) is 6.96. The molecule has 0 atom stereocenters. The van der Waals surface area contributed by atoms with Crippen LogP contribution in [0.4, 0.5) is 0 Å². The second-order valence-corrected chi connectivity index (χ2v) is 11.5. The highest BCUT2D eigenvalue weighted by molar-refractivity contribution is 6.23. The van der Waals surface area contributed by atoms with E-state index in [1.807, 2.05) is 48.5 Å². The molecule has 0 amide bonds. The predicted octanol–water partition coefficient (Wildman–Crippen LogP) is 12.0. The van der Waals surface area contributed by atoms with Gasteiger partial charge in [-0.15, -0.1) is 0 Å². The summed E-state index contributed by atoms with van der Waals surface area (Å²) in [7, 11) is 0. The number of aromatic nitrogens is 2. The van der Waals surface area contributed by atoms with Crippen molar-refractivity contribution in [1.29, 1.82) is 0 Å². The van der Waals surface area contributed by atoms with Gasteiger partial charge >= 0.3 is 0 Å². The Labute approximate surface area is 280 Å². The molecule has 47 heavy (non-hydrogen) atoms. The fourth-order valence-corrected chi connectivity index (χ4v) is 6.96. The standard InChI is InChI=1S/C45H30N2/c1-3-17-31(18-4-1)33-21-7-8-22-34(33)43-35-23-9-11-25-37(35)44(38-26-12-10-24-36(38)43)39-27-13-14-28-40(39)45-46-41-29-15-16-30-42(41)47(45)32-19-5-2-6-20-32/h1-30H/i2D,5D,6D,19D,20D. The molecule has 0 N–H and O–H groups in total. The summed E-state index contributed by atoms with van der Waals surface area (Å²) in [5, 5.41) is 4.34. The molecule has 0 aliphatic carbocycles. The van der Waals surface area contributed by atoms with Crippen molar-refractivity contribution in [1.82, 2.24) is 9.55 Å². The van der Waals surface area contributed by atoms with Crippen molar-refractivity contribution >= 4 is 32.6 Å². The van der Waals surface area contributed by atoms with E-state index in [0.717, 1.165) is 60.5 Å². The van der Waals surface area contributed by atoms with Crippen LogP contribution in [0.3, 0.4) is 0 Å². The second-order valence-electron chi connectivity index (χ2n) is 11.5. The van der Waals surface area contributed by atoms with Gasteiger partial charge in [-0.2, -0.15) is 0 Å². The maximum Gasteiger partial charge on any atom is 0.146 e. The molecule has 9 rings (SSSR count). The average molecular weight is 604 g/mol. The van der Waals surface area contributed by atoms with Crippen LogP contribution < -0.4 is 0 Å². The van der Waals surface area contributed by atoms with Crippen LogP contribution in [0.2, 0.25) is 0 Å². The first kappa shape index (κ1) is 22.3. The van der Waals surface area contributed by atoms with Crippen LogP contribution in [-0.2, 0) is 0 Å². The smallest absolute Gasteiger partial charge is 0.146 e. The van der Waals surface area contributed by atoms with E-state index >= 15 is 0 Å². The summed E-state index contributed by atoms with van der Waals surface area (Å²) in [6, 6.07) is 49.8. The first-order valence-electron chi connectivity index (χ1n) is 18.2. The number of rotatable bonds is 5. The fraction of sp³-hybridized carbons (Fsp3) is 0. The Balaban J connectivity index is 1.39. The Morgan fingerprint density at radius 1 is 0.426 bits per heavy atom. The molecule has 0 radical (unpaired) electrons. The van der Waals surface area contributed by atoms with Gasteiger partial charge in [0.05, 0.1) is 17.9 Å². The van der Waals surface area contributed by atoms with Crippen molar-refractivity contribution < 1.29 is 6.85 Å². The van der Waals surface area contributed by atoms with E-state index in [0.29, 0.717) is 16.9 Å². The van der Waals surface area contributed by atoms with Crippen LogP contribution in [-0.4, -0.2) is 9.55 Å². The first-order chi connectivity index (χ1) is 25.4. The molecule has 8 aromatic carbocycles. The summed E-state index contributed by atoms with van der Waals surface area (Å²) >= 11 is 0. The Kier molecular flexibility index (Phi) is 5.35.